The number of benzene rings is 1. The molecule has 0 aliphatic carbocycles. The summed E-state index contributed by atoms with van der Waals surface area (Å²) in [6.45, 7) is 3.96. The number of nitrogens with one attached hydrogen (secondary N) is 2. The van der Waals surface area contributed by atoms with Crippen molar-refractivity contribution in [1.82, 2.24) is 20.2 Å². The molecule has 168 valence electrons. The second kappa shape index (κ2) is 11.2. The zero-order valence-electron chi connectivity index (χ0n) is 16.9. The molecular formula is C19H26ClF3IN5O. The van der Waals surface area contributed by atoms with Crippen LogP contribution in [0.5, 0.6) is 0 Å². The molecule has 0 aliphatic heterocycles. The Hall–Kier alpha value is -1.53. The van der Waals surface area contributed by atoms with Gasteiger partial charge in [-0.05, 0) is 25.5 Å². The molecule has 0 radical (unpaired) electrons. The van der Waals surface area contributed by atoms with Gasteiger partial charge in [0.25, 0.3) is 0 Å². The standard InChI is InChI=1S/C19H25ClF3N5O.HI/c1-4-24-17(27-13(2)14-7-5-6-8-15(14)20)26-10-9-18(29,19(21,22)23)16-25-11-12-28(16)3;/h5-8,11-13,29H,4,9-10H2,1-3H3,(H2,24,26,27);1H. The van der Waals surface area contributed by atoms with Gasteiger partial charge in [-0.1, -0.05) is 29.8 Å². The average molecular weight is 560 g/mol. The van der Waals surface area contributed by atoms with E-state index in [-0.39, 0.29) is 36.6 Å². The van der Waals surface area contributed by atoms with Crippen molar-refractivity contribution < 1.29 is 18.3 Å². The molecule has 2 atom stereocenters. The third-order valence-electron chi connectivity index (χ3n) is 4.47. The van der Waals surface area contributed by atoms with Crippen molar-refractivity contribution in [3.8, 4) is 0 Å². The molecule has 0 saturated heterocycles. The highest BCUT2D eigenvalue weighted by molar-refractivity contribution is 14.0. The molecule has 11 heteroatoms. The van der Waals surface area contributed by atoms with E-state index in [4.69, 9.17) is 11.6 Å². The second-order valence-corrected chi connectivity index (χ2v) is 7.03. The third-order valence-corrected chi connectivity index (χ3v) is 4.82. The van der Waals surface area contributed by atoms with Gasteiger partial charge in [0.05, 0.1) is 6.04 Å². The van der Waals surface area contributed by atoms with Gasteiger partial charge in [0.1, 0.15) is 5.82 Å². The maximum absolute atomic E-state index is 13.6. The fourth-order valence-electron chi connectivity index (χ4n) is 2.90. The number of imidazole rings is 1. The summed E-state index contributed by atoms with van der Waals surface area (Å²) in [4.78, 5) is 7.89. The molecule has 0 saturated carbocycles. The molecule has 0 aliphatic rings. The highest BCUT2D eigenvalue weighted by atomic mass is 127. The molecule has 2 aromatic rings. The van der Waals surface area contributed by atoms with Gasteiger partial charge in [-0.15, -0.1) is 24.0 Å². The fourth-order valence-corrected chi connectivity index (χ4v) is 3.20. The first-order chi connectivity index (χ1) is 13.6. The number of aliphatic imine (C=N–C) groups is 1. The first kappa shape index (κ1) is 26.5. The number of guanidine groups is 1. The van der Waals surface area contributed by atoms with Crippen LogP contribution >= 0.6 is 35.6 Å². The van der Waals surface area contributed by atoms with Gasteiger partial charge < -0.3 is 20.3 Å². The van der Waals surface area contributed by atoms with Crippen molar-refractivity contribution in [3.05, 3.63) is 53.1 Å². The average Bonchev–Trinajstić information content (AvgIpc) is 3.07. The molecular weight excluding hydrogens is 534 g/mol. The summed E-state index contributed by atoms with van der Waals surface area (Å²) in [5, 5.41) is 17.1. The maximum atomic E-state index is 13.6. The van der Waals surface area contributed by atoms with Gasteiger partial charge in [0.2, 0.25) is 5.60 Å². The smallest absolute Gasteiger partial charge is 0.374 e. The van der Waals surface area contributed by atoms with Crippen LogP contribution in [0.4, 0.5) is 13.2 Å². The lowest BCUT2D eigenvalue weighted by atomic mass is 9.98. The number of nitrogens with zero attached hydrogens (tertiary/aromatic N) is 3. The van der Waals surface area contributed by atoms with Crippen LogP contribution in [0, 0.1) is 0 Å². The van der Waals surface area contributed by atoms with Crippen LogP contribution in [-0.4, -0.2) is 39.9 Å². The zero-order valence-corrected chi connectivity index (χ0v) is 20.0. The predicted molar refractivity (Wildman–Crippen MR) is 122 cm³/mol. The summed E-state index contributed by atoms with van der Waals surface area (Å²) in [6, 6.07) is 7.05. The number of aromatic nitrogens is 2. The molecule has 2 rings (SSSR count). The quantitative estimate of drug-likeness (QED) is 0.271. The van der Waals surface area contributed by atoms with Gasteiger partial charge in [-0.2, -0.15) is 13.2 Å². The topological polar surface area (TPSA) is 74.5 Å². The van der Waals surface area contributed by atoms with Crippen molar-refractivity contribution >= 4 is 41.5 Å². The number of aliphatic hydroxyl groups is 1. The summed E-state index contributed by atoms with van der Waals surface area (Å²) in [5.74, 6) is -0.146. The van der Waals surface area contributed by atoms with Gasteiger partial charge in [0.15, 0.2) is 5.96 Å². The van der Waals surface area contributed by atoms with E-state index in [2.05, 4.69) is 20.6 Å². The van der Waals surface area contributed by atoms with Crippen molar-refractivity contribution in [2.24, 2.45) is 12.0 Å². The largest absolute Gasteiger partial charge is 0.424 e. The van der Waals surface area contributed by atoms with E-state index in [0.29, 0.717) is 17.5 Å². The normalized spacial score (nSPS) is 15.1. The van der Waals surface area contributed by atoms with Crippen LogP contribution in [0.2, 0.25) is 5.02 Å². The molecule has 0 spiro atoms. The lowest BCUT2D eigenvalue weighted by molar-refractivity contribution is -0.272. The Bertz CT molecular complexity index is 846. The predicted octanol–water partition coefficient (Wildman–Crippen LogP) is 4.15. The molecule has 6 nitrogen and oxygen atoms in total. The minimum absolute atomic E-state index is 0. The molecule has 1 aromatic heterocycles. The number of halogens is 5. The summed E-state index contributed by atoms with van der Waals surface area (Å²) < 4.78 is 41.9. The van der Waals surface area contributed by atoms with E-state index < -0.39 is 24.0 Å². The van der Waals surface area contributed by atoms with Crippen molar-refractivity contribution in [2.75, 3.05) is 13.1 Å². The highest BCUT2D eigenvalue weighted by Crippen LogP contribution is 2.40. The Morgan fingerprint density at radius 1 is 1.33 bits per heavy atom. The Morgan fingerprint density at radius 2 is 2.00 bits per heavy atom. The molecule has 0 fully saturated rings. The lowest BCUT2D eigenvalue weighted by Gasteiger charge is -2.29. The number of aryl methyl sites for hydroxylation is 1. The Morgan fingerprint density at radius 3 is 2.53 bits per heavy atom. The molecule has 2 unspecified atom stereocenters. The van der Waals surface area contributed by atoms with E-state index >= 15 is 0 Å². The van der Waals surface area contributed by atoms with Crippen LogP contribution in [0.25, 0.3) is 0 Å². The van der Waals surface area contributed by atoms with E-state index in [1.165, 1.54) is 19.4 Å². The van der Waals surface area contributed by atoms with E-state index in [1.54, 1.807) is 6.07 Å². The zero-order chi connectivity index (χ0) is 21.7. The van der Waals surface area contributed by atoms with Crippen molar-refractivity contribution in [1.29, 1.82) is 0 Å². The first-order valence-corrected chi connectivity index (χ1v) is 9.54. The molecule has 30 heavy (non-hydrogen) atoms. The number of rotatable bonds is 7. The van der Waals surface area contributed by atoms with Crippen LogP contribution in [-0.2, 0) is 12.6 Å². The molecule has 3 N–H and O–H groups in total. The number of hydrogen-bond acceptors (Lipinski definition) is 3. The van der Waals surface area contributed by atoms with Gasteiger partial charge in [-0.3, -0.25) is 4.99 Å². The summed E-state index contributed by atoms with van der Waals surface area (Å²) in [7, 11) is 1.40. The van der Waals surface area contributed by atoms with Gasteiger partial charge in [0, 0.05) is 44.0 Å². The number of hydrogen-bond donors (Lipinski definition) is 3. The second-order valence-electron chi connectivity index (χ2n) is 6.62. The lowest BCUT2D eigenvalue weighted by Crippen LogP contribution is -2.45. The molecule has 1 aromatic carbocycles. The van der Waals surface area contributed by atoms with Crippen LogP contribution in [0.3, 0.4) is 0 Å². The van der Waals surface area contributed by atoms with Crippen LogP contribution < -0.4 is 10.6 Å². The van der Waals surface area contributed by atoms with Crippen LogP contribution in [0.1, 0.15) is 37.7 Å². The summed E-state index contributed by atoms with van der Waals surface area (Å²) in [6.07, 6.45) is -2.99. The molecule has 0 amide bonds. The molecule has 0 bridgehead atoms. The minimum Gasteiger partial charge on any atom is -0.374 e. The Balaban J connectivity index is 0.00000450. The van der Waals surface area contributed by atoms with Gasteiger partial charge >= 0.3 is 6.18 Å². The van der Waals surface area contributed by atoms with Crippen molar-refractivity contribution in [2.45, 2.75) is 38.1 Å². The molecule has 1 heterocycles. The van der Waals surface area contributed by atoms with E-state index in [9.17, 15) is 18.3 Å². The monoisotopic (exact) mass is 559 g/mol. The summed E-state index contributed by atoms with van der Waals surface area (Å²) in [5.41, 5.74) is -2.26. The van der Waals surface area contributed by atoms with Crippen LogP contribution in [0.15, 0.2) is 41.7 Å². The minimum atomic E-state index is -4.89. The highest BCUT2D eigenvalue weighted by Gasteiger charge is 2.57. The van der Waals surface area contributed by atoms with Crippen molar-refractivity contribution in [3.63, 3.8) is 0 Å². The third kappa shape index (κ3) is 6.24. The Kier molecular flexibility index (Phi) is 9.89. The van der Waals surface area contributed by atoms with E-state index in [0.717, 1.165) is 10.1 Å². The maximum Gasteiger partial charge on any atom is 0.424 e. The SMILES string of the molecule is CCNC(=NCCC(O)(c1nccn1C)C(F)(F)F)NC(C)c1ccccc1Cl.I. The first-order valence-electron chi connectivity index (χ1n) is 9.16. The Labute approximate surface area is 196 Å². The fraction of sp³-hybridized carbons (Fsp3) is 0.474. The number of alkyl halides is 3. The van der Waals surface area contributed by atoms with Gasteiger partial charge in [-0.25, -0.2) is 4.98 Å². The summed E-state index contributed by atoms with van der Waals surface area (Å²) >= 11 is 6.20. The van der Waals surface area contributed by atoms with E-state index in [1.807, 2.05) is 32.0 Å².